The van der Waals surface area contributed by atoms with Crippen molar-refractivity contribution in [3.63, 3.8) is 0 Å². The minimum absolute atomic E-state index is 0.165. The molecule has 168 valence electrons. The summed E-state index contributed by atoms with van der Waals surface area (Å²) in [6.45, 7) is 9.70. The Morgan fingerprint density at radius 3 is 2.81 bits per heavy atom. The van der Waals surface area contributed by atoms with Gasteiger partial charge in [-0.2, -0.15) is 0 Å². The smallest absolute Gasteiger partial charge is 0.212 e. The van der Waals surface area contributed by atoms with Gasteiger partial charge in [-0.05, 0) is 98.3 Å². The summed E-state index contributed by atoms with van der Waals surface area (Å²) in [5, 5.41) is 1.44. The first-order valence-corrected chi connectivity index (χ1v) is 13.3. The van der Waals surface area contributed by atoms with Gasteiger partial charge in [0.15, 0.2) is 0 Å². The summed E-state index contributed by atoms with van der Waals surface area (Å²) >= 11 is 7.78. The molecule has 0 bridgehead atoms. The lowest BCUT2D eigenvalue weighted by Gasteiger charge is -2.60. The quantitative estimate of drug-likeness (QED) is 0.471. The fourth-order valence-electron chi connectivity index (χ4n) is 7.86. The van der Waals surface area contributed by atoms with E-state index in [1.165, 1.54) is 32.1 Å². The van der Waals surface area contributed by atoms with Crippen LogP contribution >= 0.6 is 23.4 Å². The van der Waals surface area contributed by atoms with Gasteiger partial charge in [0.1, 0.15) is 5.75 Å². The normalized spacial score (nSPS) is 44.9. The molecule has 31 heavy (non-hydrogen) atoms. The Kier molecular flexibility index (Phi) is 5.53. The van der Waals surface area contributed by atoms with Crippen molar-refractivity contribution >= 4 is 28.5 Å². The number of fused-ring (bicyclic) bond motifs is 5. The van der Waals surface area contributed by atoms with Crippen LogP contribution in [0.1, 0.15) is 59.8 Å². The summed E-state index contributed by atoms with van der Waals surface area (Å²) in [6.07, 6.45) is 10.7. The highest BCUT2D eigenvalue weighted by Crippen LogP contribution is 2.67. The zero-order chi connectivity index (χ0) is 22.0. The molecule has 1 aliphatic heterocycles. The summed E-state index contributed by atoms with van der Waals surface area (Å²) in [6, 6.07) is 7.80. The Labute approximate surface area is 196 Å². The topological polar surface area (TPSA) is 26.3 Å². The SMILES string of the molecule is CC(Oc1cccc(Cl)c1)C1C[C@H]2[C@@H]3C(C)CC4SC(=O)C=C[C@]4(C)[C@@H]3CC[C@]2(C)C1. The number of allylic oxidation sites excluding steroid dienone is 1. The van der Waals surface area contributed by atoms with Gasteiger partial charge in [-0.15, -0.1) is 0 Å². The molecule has 0 saturated heterocycles. The molecule has 3 saturated carbocycles. The van der Waals surface area contributed by atoms with Gasteiger partial charge in [0.25, 0.3) is 0 Å². The first-order chi connectivity index (χ1) is 14.7. The Bertz CT molecular complexity index is 899. The maximum atomic E-state index is 12.1. The van der Waals surface area contributed by atoms with E-state index in [1.54, 1.807) is 11.8 Å². The molecule has 4 aliphatic rings. The van der Waals surface area contributed by atoms with Crippen molar-refractivity contribution in [1.29, 1.82) is 0 Å². The highest BCUT2D eigenvalue weighted by Gasteiger charge is 2.61. The number of benzene rings is 1. The zero-order valence-electron chi connectivity index (χ0n) is 19.1. The number of carbonyl (C=O) groups is 1. The highest BCUT2D eigenvalue weighted by molar-refractivity contribution is 8.14. The number of hydrogen-bond acceptors (Lipinski definition) is 3. The number of carbonyl (C=O) groups excluding carboxylic acids is 1. The van der Waals surface area contributed by atoms with Gasteiger partial charge >= 0.3 is 0 Å². The molecular weight excluding hydrogens is 424 g/mol. The number of hydrogen-bond donors (Lipinski definition) is 0. The van der Waals surface area contributed by atoms with E-state index in [-0.39, 0.29) is 16.6 Å². The van der Waals surface area contributed by atoms with Gasteiger partial charge in [-0.3, -0.25) is 4.79 Å². The monoisotopic (exact) mass is 458 g/mol. The minimum atomic E-state index is 0.165. The maximum absolute atomic E-state index is 12.1. The summed E-state index contributed by atoms with van der Waals surface area (Å²) in [4.78, 5) is 12.1. The van der Waals surface area contributed by atoms with Crippen LogP contribution in [-0.4, -0.2) is 16.5 Å². The first kappa shape index (κ1) is 21.9. The Hall–Kier alpha value is -0.930. The van der Waals surface area contributed by atoms with E-state index >= 15 is 0 Å². The number of rotatable bonds is 3. The molecule has 9 atom stereocenters. The van der Waals surface area contributed by atoms with E-state index in [0.717, 1.165) is 22.6 Å². The zero-order valence-corrected chi connectivity index (χ0v) is 20.7. The molecule has 3 aliphatic carbocycles. The van der Waals surface area contributed by atoms with Gasteiger partial charge in [-0.1, -0.05) is 56.3 Å². The van der Waals surface area contributed by atoms with E-state index in [9.17, 15) is 4.79 Å². The van der Waals surface area contributed by atoms with Gasteiger partial charge < -0.3 is 4.74 Å². The molecular formula is C27H35ClO2S. The fourth-order valence-corrected chi connectivity index (χ4v) is 9.37. The minimum Gasteiger partial charge on any atom is -0.490 e. The lowest BCUT2D eigenvalue weighted by molar-refractivity contribution is -0.108. The van der Waals surface area contributed by atoms with Crippen molar-refractivity contribution in [3.8, 4) is 5.75 Å². The van der Waals surface area contributed by atoms with Crippen LogP contribution in [-0.2, 0) is 4.79 Å². The first-order valence-electron chi connectivity index (χ1n) is 12.0. The molecule has 0 spiro atoms. The van der Waals surface area contributed by atoms with Gasteiger partial charge in [-0.25, -0.2) is 0 Å². The molecule has 0 amide bonds. The van der Waals surface area contributed by atoms with Gasteiger partial charge in [0.05, 0.1) is 6.10 Å². The van der Waals surface area contributed by atoms with Gasteiger partial charge in [0, 0.05) is 15.7 Å². The molecule has 5 rings (SSSR count). The van der Waals surface area contributed by atoms with E-state index in [2.05, 4.69) is 33.8 Å². The van der Waals surface area contributed by atoms with Crippen LogP contribution in [0.25, 0.3) is 0 Å². The van der Waals surface area contributed by atoms with Crippen LogP contribution in [0.2, 0.25) is 5.02 Å². The third-order valence-corrected chi connectivity index (χ3v) is 11.1. The molecule has 4 heteroatoms. The average molecular weight is 459 g/mol. The van der Waals surface area contributed by atoms with Crippen LogP contribution in [0.4, 0.5) is 0 Å². The maximum Gasteiger partial charge on any atom is 0.212 e. The Balaban J connectivity index is 1.37. The lowest BCUT2D eigenvalue weighted by Crippen LogP contribution is -2.55. The van der Waals surface area contributed by atoms with E-state index in [4.69, 9.17) is 16.3 Å². The molecule has 2 nitrogen and oxygen atoms in total. The van der Waals surface area contributed by atoms with Crippen molar-refractivity contribution in [2.75, 3.05) is 0 Å². The van der Waals surface area contributed by atoms with Crippen molar-refractivity contribution in [2.24, 2.45) is 40.4 Å². The largest absolute Gasteiger partial charge is 0.490 e. The summed E-state index contributed by atoms with van der Waals surface area (Å²) in [5.74, 6) is 4.35. The summed E-state index contributed by atoms with van der Waals surface area (Å²) < 4.78 is 6.37. The molecule has 0 radical (unpaired) electrons. The Morgan fingerprint density at radius 1 is 1.23 bits per heavy atom. The molecule has 0 aromatic heterocycles. The van der Waals surface area contributed by atoms with Crippen LogP contribution in [0.5, 0.6) is 5.75 Å². The third kappa shape index (κ3) is 3.68. The van der Waals surface area contributed by atoms with E-state index in [1.807, 2.05) is 30.3 Å². The van der Waals surface area contributed by atoms with Crippen molar-refractivity contribution in [1.82, 2.24) is 0 Å². The predicted octanol–water partition coefficient (Wildman–Crippen LogP) is 7.41. The van der Waals surface area contributed by atoms with Gasteiger partial charge in [0.2, 0.25) is 5.12 Å². The molecule has 0 N–H and O–H groups in total. The average Bonchev–Trinajstić information content (AvgIpc) is 3.07. The molecule has 1 aromatic rings. The van der Waals surface area contributed by atoms with Crippen LogP contribution in [0.3, 0.4) is 0 Å². The summed E-state index contributed by atoms with van der Waals surface area (Å²) in [5.41, 5.74) is 0.578. The predicted molar refractivity (Wildman–Crippen MR) is 129 cm³/mol. The fraction of sp³-hybridized carbons (Fsp3) is 0.667. The molecule has 3 fully saturated rings. The van der Waals surface area contributed by atoms with Crippen molar-refractivity contribution in [2.45, 2.75) is 71.2 Å². The second-order valence-electron chi connectivity index (χ2n) is 11.3. The molecule has 1 heterocycles. The second kappa shape index (κ2) is 7.83. The number of thioether (sulfide) groups is 1. The number of halogens is 1. The highest BCUT2D eigenvalue weighted by atomic mass is 35.5. The van der Waals surface area contributed by atoms with Crippen LogP contribution < -0.4 is 4.74 Å². The third-order valence-electron chi connectivity index (χ3n) is 9.49. The van der Waals surface area contributed by atoms with Crippen molar-refractivity contribution in [3.05, 3.63) is 41.4 Å². The summed E-state index contributed by atoms with van der Waals surface area (Å²) in [7, 11) is 0. The number of ether oxygens (including phenoxy) is 1. The lowest BCUT2D eigenvalue weighted by atomic mass is 9.48. The molecule has 4 unspecified atom stereocenters. The van der Waals surface area contributed by atoms with Crippen LogP contribution in [0.15, 0.2) is 36.4 Å². The van der Waals surface area contributed by atoms with Crippen LogP contribution in [0, 0.1) is 40.4 Å². The van der Waals surface area contributed by atoms with Crippen molar-refractivity contribution < 1.29 is 9.53 Å². The standard InChI is InChI=1S/C27H35ClO2S/c1-16-12-23-27(4,11-9-24(29)31-23)21-8-10-26(3)15-18(13-22(26)25(16)21)17(2)30-20-7-5-6-19(28)14-20/h5-7,9,11,14,16-18,21-23,25H,8,10,12-13,15H2,1-4H3/t16?,17?,18?,21-,22+,23?,25-,26-,27-/m1/s1. The van der Waals surface area contributed by atoms with E-state index < -0.39 is 0 Å². The van der Waals surface area contributed by atoms with E-state index in [0.29, 0.717) is 28.4 Å². The molecule has 1 aromatic carbocycles. The Morgan fingerprint density at radius 2 is 2.03 bits per heavy atom. The second-order valence-corrected chi connectivity index (χ2v) is 12.9.